The maximum Gasteiger partial charge on any atom is 0.266 e. The van der Waals surface area contributed by atoms with E-state index in [1.807, 2.05) is 0 Å². The Bertz CT molecular complexity index is 30.3. The Morgan fingerprint density at radius 2 is 0.875 bits per heavy atom. The van der Waals surface area contributed by atoms with Crippen molar-refractivity contribution in [2.45, 2.75) is 3.25 Å². The average Bonchev–Trinajstić information content (AvgIpc) is 1.27. The average molecular weight is 239 g/mol. The Balaban J connectivity index is 0. The lowest BCUT2D eigenvalue weighted by molar-refractivity contribution is 1.76. The van der Waals surface area contributed by atoms with E-state index in [-0.39, 0.29) is 5.34 Å². The molecular formula is C2H2Cl6. The Morgan fingerprint density at radius 1 is 0.875 bits per heavy atom. The van der Waals surface area contributed by atoms with Crippen LogP contribution in [0.4, 0.5) is 0 Å². The predicted octanol–water partition coefficient (Wildman–Crippen LogP) is 3.97. The van der Waals surface area contributed by atoms with Crippen molar-refractivity contribution in [3.63, 3.8) is 0 Å². The van der Waals surface area contributed by atoms with Gasteiger partial charge in [0.1, 0.15) is 0 Å². The minimum atomic E-state index is -1.61. The normalized spacial score (nSPS) is 9.75. The van der Waals surface area contributed by atoms with E-state index < -0.39 is 3.25 Å². The van der Waals surface area contributed by atoms with Gasteiger partial charge in [0.25, 0.3) is 3.25 Å². The number of hydrogen-bond acceptors (Lipinski definition) is 0. The third-order valence-electron chi connectivity index (χ3n) is 0. The van der Waals surface area contributed by atoms with Gasteiger partial charge in [-0.15, -0.1) is 23.2 Å². The molecule has 8 heavy (non-hydrogen) atoms. The zero-order valence-electron chi connectivity index (χ0n) is 3.47. The molecule has 0 fully saturated rings. The first-order valence-corrected chi connectivity index (χ1v) is 3.87. The predicted molar refractivity (Wildman–Crippen MR) is 42.7 cm³/mol. The van der Waals surface area contributed by atoms with E-state index in [0.29, 0.717) is 0 Å². The Hall–Kier alpha value is 1.74. The van der Waals surface area contributed by atoms with E-state index in [0.717, 1.165) is 0 Å². The van der Waals surface area contributed by atoms with E-state index >= 15 is 0 Å². The standard InChI is InChI=1S/CCl4.CH2Cl2/c2-1(3,4)5;2-1-3/h;1H2. The van der Waals surface area contributed by atoms with Gasteiger partial charge in [-0.2, -0.15) is 0 Å². The van der Waals surface area contributed by atoms with Crippen molar-refractivity contribution < 1.29 is 0 Å². The van der Waals surface area contributed by atoms with Crippen molar-refractivity contribution in [2.75, 3.05) is 5.34 Å². The molecule has 0 bridgehead atoms. The molecule has 0 saturated carbocycles. The summed E-state index contributed by atoms with van der Waals surface area (Å²) in [5.74, 6) is 0. The second-order valence-electron chi connectivity index (χ2n) is 0.530. The second-order valence-corrected chi connectivity index (χ2v) is 4.77. The minimum Gasteiger partial charge on any atom is -0.109 e. The molecule has 0 aromatic carbocycles. The first-order chi connectivity index (χ1) is 3.41. The summed E-state index contributed by atoms with van der Waals surface area (Å²) in [6.07, 6.45) is 0. The highest BCUT2D eigenvalue weighted by Crippen LogP contribution is 2.29. The van der Waals surface area contributed by atoms with Crippen LogP contribution in [0.15, 0.2) is 0 Å². The molecule has 0 aromatic heterocycles. The molecule has 0 nitrogen and oxygen atoms in total. The fourth-order valence-electron chi connectivity index (χ4n) is 0. The highest BCUT2D eigenvalue weighted by atomic mass is 35.6. The summed E-state index contributed by atoms with van der Waals surface area (Å²) in [5.41, 5.74) is 0. The van der Waals surface area contributed by atoms with Gasteiger partial charge in [-0.3, -0.25) is 0 Å². The molecule has 0 rings (SSSR count). The number of alkyl halides is 6. The van der Waals surface area contributed by atoms with Gasteiger partial charge >= 0.3 is 0 Å². The number of hydrogen-bond donors (Lipinski definition) is 0. The lowest BCUT2D eigenvalue weighted by Crippen LogP contribution is -1.81. The molecule has 0 unspecified atom stereocenters. The van der Waals surface area contributed by atoms with E-state index in [4.69, 9.17) is 69.6 Å². The molecule has 0 aliphatic heterocycles. The van der Waals surface area contributed by atoms with Gasteiger partial charge in [0.2, 0.25) is 0 Å². The fourth-order valence-corrected chi connectivity index (χ4v) is 0. The zero-order chi connectivity index (χ0) is 7.21. The maximum atomic E-state index is 4.83. The molecule has 0 aliphatic carbocycles. The highest BCUT2D eigenvalue weighted by Gasteiger charge is 2.11. The van der Waals surface area contributed by atoms with Crippen molar-refractivity contribution in [3.05, 3.63) is 0 Å². The quantitative estimate of drug-likeness (QED) is 0.560. The van der Waals surface area contributed by atoms with Crippen molar-refractivity contribution in [1.82, 2.24) is 0 Å². The van der Waals surface area contributed by atoms with E-state index in [9.17, 15) is 0 Å². The van der Waals surface area contributed by atoms with E-state index in [2.05, 4.69) is 0 Å². The molecule has 0 spiro atoms. The van der Waals surface area contributed by atoms with Crippen LogP contribution in [0.3, 0.4) is 0 Å². The van der Waals surface area contributed by atoms with Gasteiger partial charge in [-0.1, -0.05) is 46.4 Å². The topological polar surface area (TPSA) is 0 Å². The molecule has 0 radical (unpaired) electrons. The summed E-state index contributed by atoms with van der Waals surface area (Å²) < 4.78 is -1.61. The summed E-state index contributed by atoms with van der Waals surface area (Å²) in [4.78, 5) is 0. The van der Waals surface area contributed by atoms with Gasteiger partial charge in [0, 0.05) is 0 Å². The van der Waals surface area contributed by atoms with Gasteiger partial charge in [0.15, 0.2) is 0 Å². The van der Waals surface area contributed by atoms with Gasteiger partial charge in [-0.25, -0.2) is 0 Å². The van der Waals surface area contributed by atoms with Gasteiger partial charge in [0.05, 0.1) is 5.34 Å². The van der Waals surface area contributed by atoms with Crippen molar-refractivity contribution >= 4 is 69.6 Å². The number of rotatable bonds is 0. The highest BCUT2D eigenvalue weighted by molar-refractivity contribution is 6.83. The fraction of sp³-hybridized carbons (Fsp3) is 1.00. The summed E-state index contributed by atoms with van der Waals surface area (Å²) in [5, 5.41) is 0.194. The molecular weight excluding hydrogens is 237 g/mol. The molecule has 6 heteroatoms. The SMILES string of the molecule is ClC(Cl)(Cl)Cl.ClCCl. The minimum absolute atomic E-state index is 0.194. The molecule has 0 amide bonds. The summed E-state index contributed by atoms with van der Waals surface area (Å²) in [7, 11) is 0. The largest absolute Gasteiger partial charge is 0.266 e. The van der Waals surface area contributed by atoms with Crippen LogP contribution in [0.25, 0.3) is 0 Å². The van der Waals surface area contributed by atoms with Gasteiger partial charge < -0.3 is 0 Å². The Labute approximate surface area is 77.9 Å². The van der Waals surface area contributed by atoms with E-state index in [1.165, 1.54) is 0 Å². The van der Waals surface area contributed by atoms with Crippen LogP contribution in [0.1, 0.15) is 0 Å². The summed E-state index contributed by atoms with van der Waals surface area (Å²) in [6, 6.07) is 0. The smallest absolute Gasteiger partial charge is 0.109 e. The third-order valence-corrected chi connectivity index (χ3v) is 0. The first-order valence-electron chi connectivity index (χ1n) is 1.29. The molecule has 0 aliphatic rings. The summed E-state index contributed by atoms with van der Waals surface area (Å²) in [6.45, 7) is 0. The maximum absolute atomic E-state index is 4.83. The Kier molecular flexibility index (Phi) is 10.6. The van der Waals surface area contributed by atoms with Crippen LogP contribution in [0.2, 0.25) is 0 Å². The number of halogens is 6. The Morgan fingerprint density at radius 3 is 0.875 bits per heavy atom. The third kappa shape index (κ3) is 116. The van der Waals surface area contributed by atoms with Crippen LogP contribution < -0.4 is 0 Å². The molecule has 0 atom stereocenters. The first kappa shape index (κ1) is 12.4. The second kappa shape index (κ2) is 6.85. The van der Waals surface area contributed by atoms with Crippen LogP contribution in [0, 0.1) is 0 Å². The van der Waals surface area contributed by atoms with Crippen molar-refractivity contribution in [3.8, 4) is 0 Å². The van der Waals surface area contributed by atoms with Crippen LogP contribution >= 0.6 is 69.6 Å². The van der Waals surface area contributed by atoms with Crippen LogP contribution in [-0.2, 0) is 0 Å². The summed E-state index contributed by atoms with van der Waals surface area (Å²) >= 11 is 28.8. The lowest BCUT2D eigenvalue weighted by atomic mass is 11.8. The molecule has 0 aromatic rings. The van der Waals surface area contributed by atoms with Crippen molar-refractivity contribution in [1.29, 1.82) is 0 Å². The zero-order valence-corrected chi connectivity index (χ0v) is 8.01. The van der Waals surface area contributed by atoms with Gasteiger partial charge in [-0.05, 0) is 0 Å². The lowest BCUT2D eigenvalue weighted by Gasteiger charge is -1.91. The molecule has 0 heterocycles. The molecule has 0 saturated heterocycles. The van der Waals surface area contributed by atoms with Crippen LogP contribution in [-0.4, -0.2) is 8.59 Å². The van der Waals surface area contributed by atoms with Crippen LogP contribution in [0.5, 0.6) is 0 Å². The van der Waals surface area contributed by atoms with Crippen molar-refractivity contribution in [2.24, 2.45) is 0 Å². The monoisotopic (exact) mass is 236 g/mol. The molecule has 0 N–H and O–H groups in total. The molecule has 52 valence electrons. The van der Waals surface area contributed by atoms with E-state index in [1.54, 1.807) is 0 Å².